The van der Waals surface area contributed by atoms with Crippen LogP contribution in [0.1, 0.15) is 47.2 Å². The molecule has 0 aliphatic heterocycles. The molecular weight excluding hydrogens is 486 g/mol. The second-order valence-corrected chi connectivity index (χ2v) is 9.62. The van der Waals surface area contributed by atoms with Gasteiger partial charge in [-0.15, -0.1) is 0 Å². The summed E-state index contributed by atoms with van der Waals surface area (Å²) in [6, 6.07) is 1.68. The first-order valence-electron chi connectivity index (χ1n) is 11.9. The van der Waals surface area contributed by atoms with Crippen LogP contribution < -0.4 is 16.4 Å². The number of primary amides is 1. The van der Waals surface area contributed by atoms with E-state index in [1.807, 2.05) is 0 Å². The summed E-state index contributed by atoms with van der Waals surface area (Å²) in [5.41, 5.74) is 2.91. The number of aliphatic hydroxyl groups excluding tert-OH is 2. The maximum atomic E-state index is 13.7. The number of amides is 1. The summed E-state index contributed by atoms with van der Waals surface area (Å²) >= 11 is 0. The van der Waals surface area contributed by atoms with E-state index in [1.54, 1.807) is 13.1 Å². The summed E-state index contributed by atoms with van der Waals surface area (Å²) in [4.78, 5) is 49.2. The maximum absolute atomic E-state index is 13.7. The molecule has 0 bridgehead atoms. The van der Waals surface area contributed by atoms with Crippen LogP contribution in [0.4, 0.5) is 5.69 Å². The Balaban J connectivity index is 1.74. The van der Waals surface area contributed by atoms with Crippen LogP contribution in [0.15, 0.2) is 28.7 Å². The highest BCUT2D eigenvalue weighted by Crippen LogP contribution is 2.52. The molecule has 0 saturated heterocycles. The highest BCUT2D eigenvalue weighted by atomic mass is 16.4. The van der Waals surface area contributed by atoms with Crippen molar-refractivity contribution in [3.05, 3.63) is 45.4 Å². The van der Waals surface area contributed by atoms with E-state index in [4.69, 9.17) is 10.8 Å². The van der Waals surface area contributed by atoms with Crippen molar-refractivity contribution in [2.45, 2.75) is 44.2 Å². The zero-order valence-corrected chi connectivity index (χ0v) is 20.1. The summed E-state index contributed by atoms with van der Waals surface area (Å²) in [7, 11) is 1.65. The van der Waals surface area contributed by atoms with Crippen molar-refractivity contribution in [3.8, 4) is 5.75 Å². The minimum atomic E-state index is -2.61. The van der Waals surface area contributed by atoms with Crippen molar-refractivity contribution in [2.24, 2.45) is 17.6 Å². The molecule has 0 aromatic heterocycles. The fourth-order valence-corrected chi connectivity index (χ4v) is 5.69. The summed E-state index contributed by atoms with van der Waals surface area (Å²) < 4.78 is 0. The normalized spacial score (nSPS) is 24.9. The molecule has 0 radical (unpaired) electrons. The number of carbonyl (C=O) groups excluding carboxylic acids is 3. The van der Waals surface area contributed by atoms with Crippen molar-refractivity contribution >= 4 is 29.1 Å². The molecule has 9 N–H and O–H groups in total. The predicted molar refractivity (Wildman–Crippen MR) is 129 cm³/mol. The quantitative estimate of drug-likeness (QED) is 0.136. The van der Waals surface area contributed by atoms with Gasteiger partial charge in [-0.3, -0.25) is 19.2 Å². The highest BCUT2D eigenvalue weighted by molar-refractivity contribution is 6.24. The van der Waals surface area contributed by atoms with Gasteiger partial charge in [-0.1, -0.05) is 0 Å². The number of nitrogens with two attached hydrogens (primary N) is 1. The minimum Gasteiger partial charge on any atom is -0.511 e. The van der Waals surface area contributed by atoms with Gasteiger partial charge < -0.3 is 41.9 Å². The fourth-order valence-electron chi connectivity index (χ4n) is 5.69. The van der Waals surface area contributed by atoms with Crippen LogP contribution >= 0.6 is 0 Å². The summed E-state index contributed by atoms with van der Waals surface area (Å²) in [5.74, 6) is -7.62. The molecule has 0 heterocycles. The average Bonchev–Trinajstić information content (AvgIpc) is 2.82. The standard InChI is InChI=1S/C25H29N3O9/c1-27-14-7-11(9-28-4-2-3-16(30)31)20(32)18-13(14)6-10-5-12-8-15(29)19(24(26)36)23(35)25(12,37)22(34)17(10)21(18)33/h7,10,12,27-29,32,34,37H,2-6,8-9H2,1H3,(H2,26,36)(H,30,31)/t10-,12+,25+/m1/s1. The second kappa shape index (κ2) is 9.52. The van der Waals surface area contributed by atoms with Gasteiger partial charge in [0, 0.05) is 49.2 Å². The Kier molecular flexibility index (Phi) is 6.74. The van der Waals surface area contributed by atoms with E-state index in [1.165, 1.54) is 0 Å². The van der Waals surface area contributed by atoms with Crippen LogP contribution in [-0.2, 0) is 27.3 Å². The maximum Gasteiger partial charge on any atom is 0.303 e. The monoisotopic (exact) mass is 515 g/mol. The van der Waals surface area contributed by atoms with Crippen LogP contribution in [0.2, 0.25) is 0 Å². The SMILES string of the molecule is CNc1cc(CNCCCC(=O)O)c(O)c2c1C[C@H]1C[C@H]3CC(O)=C(C(N)=O)C(=O)[C@@]3(O)C(O)=C1C2=O. The Hall–Kier alpha value is -3.90. The van der Waals surface area contributed by atoms with Gasteiger partial charge in [0.25, 0.3) is 5.91 Å². The molecule has 3 aliphatic carbocycles. The van der Waals surface area contributed by atoms with Gasteiger partial charge in [0.1, 0.15) is 22.8 Å². The van der Waals surface area contributed by atoms with E-state index < -0.39 is 58.0 Å². The minimum absolute atomic E-state index is 0.0225. The van der Waals surface area contributed by atoms with E-state index >= 15 is 0 Å². The molecule has 198 valence electrons. The van der Waals surface area contributed by atoms with E-state index in [2.05, 4.69) is 10.6 Å². The zero-order chi connectivity index (χ0) is 27.2. The number of carboxylic acids is 1. The number of phenols is 1. The van der Waals surface area contributed by atoms with Gasteiger partial charge in [-0.05, 0) is 43.4 Å². The molecule has 0 unspecified atom stereocenters. The number of benzene rings is 1. The number of carboxylic acid groups (broad SMARTS) is 1. The molecular formula is C25H29N3O9. The number of hydrogen-bond acceptors (Lipinski definition) is 10. The third-order valence-electron chi connectivity index (χ3n) is 7.47. The van der Waals surface area contributed by atoms with Gasteiger partial charge in [-0.25, -0.2) is 0 Å². The number of anilines is 1. The molecule has 0 saturated carbocycles. The van der Waals surface area contributed by atoms with Crippen LogP contribution in [0.3, 0.4) is 0 Å². The number of phenolic OH excluding ortho intramolecular Hbond substituents is 1. The van der Waals surface area contributed by atoms with Gasteiger partial charge in [0.05, 0.1) is 5.56 Å². The molecule has 3 atom stereocenters. The van der Waals surface area contributed by atoms with Crippen LogP contribution in [0, 0.1) is 11.8 Å². The first kappa shape index (κ1) is 26.2. The smallest absolute Gasteiger partial charge is 0.303 e. The van der Waals surface area contributed by atoms with E-state index in [0.29, 0.717) is 29.8 Å². The number of rotatable bonds is 8. The predicted octanol–water partition coefficient (Wildman–Crippen LogP) is 0.577. The number of carbonyl (C=O) groups is 4. The number of nitrogens with one attached hydrogen (secondary N) is 2. The summed E-state index contributed by atoms with van der Waals surface area (Å²) in [5, 5.41) is 58.5. The van der Waals surface area contributed by atoms with Gasteiger partial charge in [0.15, 0.2) is 11.4 Å². The number of fused-ring (bicyclic) bond motifs is 3. The summed E-state index contributed by atoms with van der Waals surface area (Å²) in [6.45, 7) is 0.491. The first-order chi connectivity index (χ1) is 17.4. The largest absolute Gasteiger partial charge is 0.511 e. The Morgan fingerprint density at radius 3 is 2.51 bits per heavy atom. The Labute approximate surface area is 211 Å². The number of Topliss-reactive ketones (excluding diaryl/α,β-unsaturated/α-hetero) is 2. The third kappa shape index (κ3) is 4.11. The number of aliphatic hydroxyl groups is 3. The lowest BCUT2D eigenvalue weighted by Crippen LogP contribution is -2.57. The Bertz CT molecular complexity index is 1280. The molecule has 12 nitrogen and oxygen atoms in total. The van der Waals surface area contributed by atoms with Crippen LogP contribution in [-0.4, -0.2) is 68.2 Å². The molecule has 0 fully saturated rings. The average molecular weight is 516 g/mol. The number of allylic oxidation sites excluding steroid dienone is 2. The number of ketones is 2. The third-order valence-corrected chi connectivity index (χ3v) is 7.47. The molecule has 0 spiro atoms. The van der Waals surface area contributed by atoms with Crippen LogP contribution in [0.25, 0.3) is 0 Å². The van der Waals surface area contributed by atoms with Gasteiger partial charge in [0.2, 0.25) is 5.78 Å². The van der Waals surface area contributed by atoms with E-state index in [0.717, 1.165) is 0 Å². The Morgan fingerprint density at radius 1 is 1.19 bits per heavy atom. The van der Waals surface area contributed by atoms with Crippen molar-refractivity contribution in [3.63, 3.8) is 0 Å². The fraction of sp³-hybridized carbons (Fsp3) is 0.440. The first-order valence-corrected chi connectivity index (χ1v) is 11.9. The number of aromatic hydroxyl groups is 1. The van der Waals surface area contributed by atoms with Crippen molar-refractivity contribution < 1.29 is 44.7 Å². The number of aliphatic carboxylic acids is 1. The molecule has 1 aromatic rings. The van der Waals surface area contributed by atoms with Gasteiger partial charge >= 0.3 is 5.97 Å². The van der Waals surface area contributed by atoms with E-state index in [9.17, 15) is 39.6 Å². The lowest BCUT2D eigenvalue weighted by atomic mass is 9.60. The van der Waals surface area contributed by atoms with Crippen molar-refractivity contribution in [2.75, 3.05) is 18.9 Å². The second-order valence-electron chi connectivity index (χ2n) is 9.62. The topological polar surface area (TPSA) is 220 Å². The Morgan fingerprint density at radius 2 is 1.89 bits per heavy atom. The van der Waals surface area contributed by atoms with Crippen LogP contribution in [0.5, 0.6) is 5.75 Å². The molecule has 4 rings (SSSR count). The lowest BCUT2D eigenvalue weighted by molar-refractivity contribution is -0.144. The van der Waals surface area contributed by atoms with Crippen molar-refractivity contribution in [1.82, 2.24) is 5.32 Å². The van der Waals surface area contributed by atoms with E-state index in [-0.39, 0.29) is 49.1 Å². The highest BCUT2D eigenvalue weighted by Gasteiger charge is 2.59. The van der Waals surface area contributed by atoms with Gasteiger partial charge in [-0.2, -0.15) is 0 Å². The summed E-state index contributed by atoms with van der Waals surface area (Å²) in [6.07, 6.45) is 0.313. The molecule has 1 aromatic carbocycles. The van der Waals surface area contributed by atoms with Crippen molar-refractivity contribution in [1.29, 1.82) is 0 Å². The molecule has 12 heteroatoms. The zero-order valence-electron chi connectivity index (χ0n) is 20.1. The molecule has 37 heavy (non-hydrogen) atoms. The molecule has 3 aliphatic rings. The lowest BCUT2D eigenvalue weighted by Gasteiger charge is -2.45. The number of hydrogen-bond donors (Lipinski definition) is 8. The molecule has 1 amide bonds.